The van der Waals surface area contributed by atoms with Gasteiger partial charge in [-0.2, -0.15) is 0 Å². The van der Waals surface area contributed by atoms with Crippen LogP contribution in [0, 0.1) is 6.92 Å². The van der Waals surface area contributed by atoms with E-state index in [0.29, 0.717) is 18.6 Å². The molecule has 0 spiro atoms. The van der Waals surface area contributed by atoms with Crippen molar-refractivity contribution in [3.05, 3.63) is 21.9 Å². The van der Waals surface area contributed by atoms with Gasteiger partial charge in [-0.1, -0.05) is 12.8 Å². The van der Waals surface area contributed by atoms with Crippen LogP contribution >= 0.6 is 11.3 Å². The summed E-state index contributed by atoms with van der Waals surface area (Å²) in [5.74, 6) is 0. The molecule has 1 aliphatic carbocycles. The molecule has 1 unspecified atom stereocenters. The molecule has 0 bridgehead atoms. The van der Waals surface area contributed by atoms with E-state index in [4.69, 9.17) is 5.73 Å². The maximum Gasteiger partial charge on any atom is 0.0541 e. The molecule has 0 saturated heterocycles. The zero-order valence-electron chi connectivity index (χ0n) is 9.33. The second kappa shape index (κ2) is 5.10. The van der Waals surface area contributed by atoms with Gasteiger partial charge < -0.3 is 11.1 Å². The minimum absolute atomic E-state index is 0.367. The Hall–Kier alpha value is -0.380. The number of thiophene rings is 1. The van der Waals surface area contributed by atoms with E-state index in [-0.39, 0.29) is 0 Å². The molecule has 2 rings (SSSR count). The first kappa shape index (κ1) is 11.1. The van der Waals surface area contributed by atoms with Crippen LogP contribution in [0.25, 0.3) is 0 Å². The fourth-order valence-corrected chi connectivity index (χ4v) is 3.23. The van der Waals surface area contributed by atoms with Gasteiger partial charge in [0, 0.05) is 22.3 Å². The smallest absolute Gasteiger partial charge is 0.0541 e. The zero-order chi connectivity index (χ0) is 10.7. The maximum atomic E-state index is 5.84. The molecule has 1 aromatic rings. The molecule has 1 atom stereocenters. The second-order valence-electron chi connectivity index (χ2n) is 4.38. The molecule has 0 amide bonds. The predicted octanol–water partition coefficient (Wildman–Crippen LogP) is 2.59. The maximum absolute atomic E-state index is 5.84. The Morgan fingerprint density at radius 3 is 2.73 bits per heavy atom. The first-order valence-electron chi connectivity index (χ1n) is 5.82. The van der Waals surface area contributed by atoms with Crippen LogP contribution in [-0.4, -0.2) is 12.6 Å². The Morgan fingerprint density at radius 1 is 1.47 bits per heavy atom. The number of aryl methyl sites for hydroxylation is 1. The highest BCUT2D eigenvalue weighted by Gasteiger charge is 2.19. The zero-order valence-corrected chi connectivity index (χ0v) is 10.1. The first-order valence-corrected chi connectivity index (χ1v) is 6.63. The summed E-state index contributed by atoms with van der Waals surface area (Å²) >= 11 is 1.86. The fraction of sp³-hybridized carbons (Fsp3) is 0.667. The first-order chi connectivity index (χ1) is 7.29. The van der Waals surface area contributed by atoms with E-state index in [9.17, 15) is 0 Å². The lowest BCUT2D eigenvalue weighted by Gasteiger charge is -2.20. The molecule has 0 aliphatic heterocycles. The Kier molecular flexibility index (Phi) is 3.78. The lowest BCUT2D eigenvalue weighted by atomic mass is 10.2. The Labute approximate surface area is 95.9 Å². The molecule has 1 aliphatic rings. The third-order valence-electron chi connectivity index (χ3n) is 3.13. The third kappa shape index (κ3) is 2.80. The molecule has 1 fully saturated rings. The van der Waals surface area contributed by atoms with Crippen molar-refractivity contribution in [3.8, 4) is 0 Å². The van der Waals surface area contributed by atoms with Gasteiger partial charge in [-0.15, -0.1) is 11.3 Å². The Balaban J connectivity index is 1.97. The summed E-state index contributed by atoms with van der Waals surface area (Å²) in [6, 6.07) is 5.45. The van der Waals surface area contributed by atoms with Gasteiger partial charge in [-0.3, -0.25) is 0 Å². The minimum Gasteiger partial charge on any atom is -0.329 e. The highest BCUT2D eigenvalue weighted by atomic mass is 32.1. The van der Waals surface area contributed by atoms with E-state index in [1.54, 1.807) is 0 Å². The van der Waals surface area contributed by atoms with E-state index in [0.717, 1.165) is 0 Å². The summed E-state index contributed by atoms with van der Waals surface area (Å²) in [4.78, 5) is 2.76. The second-order valence-corrected chi connectivity index (χ2v) is 5.70. The van der Waals surface area contributed by atoms with Crippen LogP contribution in [0.4, 0.5) is 0 Å². The number of nitrogens with one attached hydrogen (secondary N) is 1. The molecule has 84 valence electrons. The van der Waals surface area contributed by atoms with Crippen molar-refractivity contribution in [3.63, 3.8) is 0 Å². The summed E-state index contributed by atoms with van der Waals surface area (Å²) < 4.78 is 0. The molecule has 1 saturated carbocycles. The molecular formula is C12H20N2S. The molecule has 0 aromatic carbocycles. The van der Waals surface area contributed by atoms with Crippen molar-refractivity contribution in [2.45, 2.75) is 44.7 Å². The molecule has 3 N–H and O–H groups in total. The standard InChI is InChI=1S/C12H20N2S/c1-9-6-7-12(15-9)11(8-13)14-10-4-2-3-5-10/h6-7,10-11,14H,2-5,8,13H2,1H3. The summed E-state index contributed by atoms with van der Waals surface area (Å²) in [6.45, 7) is 2.85. The Morgan fingerprint density at radius 2 is 2.20 bits per heavy atom. The number of nitrogens with two attached hydrogens (primary N) is 1. The highest BCUT2D eigenvalue weighted by molar-refractivity contribution is 7.12. The van der Waals surface area contributed by atoms with Crippen molar-refractivity contribution in [1.82, 2.24) is 5.32 Å². The van der Waals surface area contributed by atoms with E-state index < -0.39 is 0 Å². The lowest BCUT2D eigenvalue weighted by Crippen LogP contribution is -2.34. The van der Waals surface area contributed by atoms with Gasteiger partial charge in [0.15, 0.2) is 0 Å². The molecule has 2 nitrogen and oxygen atoms in total. The van der Waals surface area contributed by atoms with Crippen LogP contribution in [0.1, 0.15) is 41.5 Å². The van der Waals surface area contributed by atoms with Gasteiger partial charge in [0.2, 0.25) is 0 Å². The number of rotatable bonds is 4. The SMILES string of the molecule is Cc1ccc(C(CN)NC2CCCC2)s1. The summed E-state index contributed by atoms with van der Waals surface area (Å²) in [5, 5.41) is 3.68. The molecule has 1 aromatic heterocycles. The van der Waals surface area contributed by atoms with Crippen molar-refractivity contribution >= 4 is 11.3 Å². The topological polar surface area (TPSA) is 38.0 Å². The van der Waals surface area contributed by atoms with Crippen molar-refractivity contribution < 1.29 is 0 Å². The normalized spacial score (nSPS) is 19.6. The third-order valence-corrected chi connectivity index (χ3v) is 4.25. The van der Waals surface area contributed by atoms with Gasteiger partial charge in [0.25, 0.3) is 0 Å². The number of hydrogen-bond acceptors (Lipinski definition) is 3. The average Bonchev–Trinajstić information content (AvgIpc) is 2.85. The molecule has 1 heterocycles. The van der Waals surface area contributed by atoms with E-state index in [1.807, 2.05) is 11.3 Å². The summed E-state index contributed by atoms with van der Waals surface area (Å²) in [7, 11) is 0. The van der Waals surface area contributed by atoms with Crippen molar-refractivity contribution in [2.75, 3.05) is 6.54 Å². The van der Waals surface area contributed by atoms with Crippen molar-refractivity contribution in [1.29, 1.82) is 0 Å². The number of hydrogen-bond donors (Lipinski definition) is 2. The van der Waals surface area contributed by atoms with Crippen LogP contribution in [0.2, 0.25) is 0 Å². The fourth-order valence-electron chi connectivity index (χ4n) is 2.28. The van der Waals surface area contributed by atoms with Crippen LogP contribution in [0.5, 0.6) is 0 Å². The summed E-state index contributed by atoms with van der Waals surface area (Å²) in [5.41, 5.74) is 5.84. The van der Waals surface area contributed by atoms with Crippen LogP contribution in [-0.2, 0) is 0 Å². The van der Waals surface area contributed by atoms with E-state index >= 15 is 0 Å². The van der Waals surface area contributed by atoms with Gasteiger partial charge in [-0.05, 0) is 31.9 Å². The monoisotopic (exact) mass is 224 g/mol. The van der Waals surface area contributed by atoms with Gasteiger partial charge in [-0.25, -0.2) is 0 Å². The van der Waals surface area contributed by atoms with Gasteiger partial charge in [0.05, 0.1) is 6.04 Å². The van der Waals surface area contributed by atoms with Crippen molar-refractivity contribution in [2.24, 2.45) is 5.73 Å². The van der Waals surface area contributed by atoms with Crippen LogP contribution in [0.3, 0.4) is 0 Å². The predicted molar refractivity (Wildman–Crippen MR) is 66.2 cm³/mol. The highest BCUT2D eigenvalue weighted by Crippen LogP contribution is 2.25. The van der Waals surface area contributed by atoms with Gasteiger partial charge in [0.1, 0.15) is 0 Å². The largest absolute Gasteiger partial charge is 0.329 e. The molecule has 15 heavy (non-hydrogen) atoms. The lowest BCUT2D eigenvalue weighted by molar-refractivity contribution is 0.449. The quantitative estimate of drug-likeness (QED) is 0.825. The molecule has 0 radical (unpaired) electrons. The molecule has 3 heteroatoms. The molecular weight excluding hydrogens is 204 g/mol. The summed E-state index contributed by atoms with van der Waals surface area (Å²) in [6.07, 6.45) is 5.39. The van der Waals surface area contributed by atoms with Gasteiger partial charge >= 0.3 is 0 Å². The average molecular weight is 224 g/mol. The van der Waals surface area contributed by atoms with Crippen LogP contribution in [0.15, 0.2) is 12.1 Å². The van der Waals surface area contributed by atoms with E-state index in [2.05, 4.69) is 24.4 Å². The van der Waals surface area contributed by atoms with Crippen LogP contribution < -0.4 is 11.1 Å². The Bertz CT molecular complexity index is 302. The minimum atomic E-state index is 0.367. The van der Waals surface area contributed by atoms with E-state index in [1.165, 1.54) is 35.4 Å².